The Morgan fingerprint density at radius 2 is 1.17 bits per heavy atom. The summed E-state index contributed by atoms with van der Waals surface area (Å²) < 4.78 is 0. The van der Waals surface area contributed by atoms with Crippen molar-refractivity contribution in [3.8, 4) is 0 Å². The molecule has 3 amide bonds. The molecular formula is C12H8N2O4-. The van der Waals surface area contributed by atoms with Crippen LogP contribution in [0.1, 0.15) is 36.6 Å². The first-order valence-corrected chi connectivity index (χ1v) is 5.26. The molecule has 0 aromatic heterocycles. The first-order valence-electron chi connectivity index (χ1n) is 5.26. The average molecular weight is 244 g/mol. The van der Waals surface area contributed by atoms with Gasteiger partial charge in [0.2, 0.25) is 0 Å². The number of nitrogens with zero attached hydrogens (tertiary/aromatic N) is 2. The molecule has 0 N–H and O–H groups in total. The molecule has 2 heterocycles. The summed E-state index contributed by atoms with van der Waals surface area (Å²) in [5.41, 5.74) is 0.714. The van der Waals surface area contributed by atoms with Gasteiger partial charge in [0.15, 0.2) is 0 Å². The molecule has 0 aliphatic carbocycles. The summed E-state index contributed by atoms with van der Waals surface area (Å²) >= 11 is 0. The van der Waals surface area contributed by atoms with Crippen molar-refractivity contribution in [3.63, 3.8) is 0 Å². The van der Waals surface area contributed by atoms with Crippen LogP contribution in [-0.2, 0) is 0 Å². The molecule has 2 aliphatic rings. The van der Waals surface area contributed by atoms with Gasteiger partial charge in [0.1, 0.15) is 0 Å². The number of benzene rings is 1. The van der Waals surface area contributed by atoms with Gasteiger partial charge in [-0.25, -0.2) is 0 Å². The number of fused-ring (bicyclic) bond motifs is 2. The van der Waals surface area contributed by atoms with E-state index in [0.29, 0.717) is 0 Å². The molecule has 0 saturated heterocycles. The molecule has 3 rings (SSSR count). The van der Waals surface area contributed by atoms with Crippen LogP contribution in [0.2, 0.25) is 0 Å². The SMILES string of the molecule is CN1[C]([O-])c2cc3c(cc2C1=O)C(=O)N(C)C3=O. The van der Waals surface area contributed by atoms with Crippen molar-refractivity contribution in [1.82, 2.24) is 9.80 Å². The van der Waals surface area contributed by atoms with Crippen LogP contribution in [-0.4, -0.2) is 41.6 Å². The maximum absolute atomic E-state index is 11.8. The van der Waals surface area contributed by atoms with E-state index in [-0.39, 0.29) is 22.3 Å². The van der Waals surface area contributed by atoms with Crippen LogP contribution < -0.4 is 5.11 Å². The molecule has 1 radical (unpaired) electrons. The lowest BCUT2D eigenvalue weighted by Crippen LogP contribution is -2.32. The highest BCUT2D eigenvalue weighted by Crippen LogP contribution is 2.33. The van der Waals surface area contributed by atoms with Gasteiger partial charge in [0.25, 0.3) is 17.7 Å². The Bertz CT molecular complexity index is 623. The van der Waals surface area contributed by atoms with Gasteiger partial charge in [0, 0.05) is 25.9 Å². The van der Waals surface area contributed by atoms with E-state index >= 15 is 0 Å². The van der Waals surface area contributed by atoms with Gasteiger partial charge in [-0.15, -0.1) is 0 Å². The van der Waals surface area contributed by atoms with Crippen LogP contribution >= 0.6 is 0 Å². The van der Waals surface area contributed by atoms with Crippen LogP contribution in [0.3, 0.4) is 0 Å². The predicted molar refractivity (Wildman–Crippen MR) is 57.3 cm³/mol. The van der Waals surface area contributed by atoms with Gasteiger partial charge in [-0.3, -0.25) is 19.3 Å². The fraction of sp³-hybridized carbons (Fsp3) is 0.167. The zero-order valence-corrected chi connectivity index (χ0v) is 9.68. The number of hydrogen-bond donors (Lipinski definition) is 0. The summed E-state index contributed by atoms with van der Waals surface area (Å²) in [5, 5.41) is 11.8. The average Bonchev–Trinajstić information content (AvgIpc) is 2.71. The van der Waals surface area contributed by atoms with Crippen molar-refractivity contribution >= 4 is 17.7 Å². The van der Waals surface area contributed by atoms with Crippen LogP contribution in [0, 0.1) is 6.23 Å². The van der Waals surface area contributed by atoms with Crippen molar-refractivity contribution in [1.29, 1.82) is 0 Å². The standard InChI is InChI=1S/C12H8N2O4/c1-13-9(15)5-3-7-8(4-6(5)10(13)16)12(18)14(2)11(7)17/h3-4H,1-2H3/q-1. The van der Waals surface area contributed by atoms with Crippen molar-refractivity contribution in [2.24, 2.45) is 0 Å². The van der Waals surface area contributed by atoms with Crippen molar-refractivity contribution in [2.45, 2.75) is 0 Å². The molecule has 0 fully saturated rings. The Kier molecular flexibility index (Phi) is 1.92. The zero-order chi connectivity index (χ0) is 13.2. The van der Waals surface area contributed by atoms with Gasteiger partial charge >= 0.3 is 0 Å². The normalized spacial score (nSPS) is 18.7. The second kappa shape index (κ2) is 3.17. The fourth-order valence-electron chi connectivity index (χ4n) is 2.21. The molecule has 2 aliphatic heterocycles. The maximum atomic E-state index is 11.8. The summed E-state index contributed by atoms with van der Waals surface area (Å²) in [7, 11) is 2.73. The molecular weight excluding hydrogens is 236 g/mol. The van der Waals surface area contributed by atoms with Crippen LogP contribution in [0.15, 0.2) is 12.1 Å². The molecule has 91 valence electrons. The Labute approximate surface area is 102 Å². The van der Waals surface area contributed by atoms with E-state index in [9.17, 15) is 19.5 Å². The van der Waals surface area contributed by atoms with E-state index < -0.39 is 23.9 Å². The summed E-state index contributed by atoms with van der Waals surface area (Å²) in [6.07, 6.45) is -0.451. The molecule has 0 unspecified atom stereocenters. The minimum Gasteiger partial charge on any atom is -0.829 e. The van der Waals surface area contributed by atoms with E-state index in [2.05, 4.69) is 0 Å². The van der Waals surface area contributed by atoms with Crippen molar-refractivity contribution in [2.75, 3.05) is 14.1 Å². The smallest absolute Gasteiger partial charge is 0.261 e. The molecule has 0 spiro atoms. The maximum Gasteiger partial charge on any atom is 0.261 e. The number of carbonyl (C=O) groups is 3. The highest BCUT2D eigenvalue weighted by Gasteiger charge is 2.37. The zero-order valence-electron chi connectivity index (χ0n) is 9.68. The Morgan fingerprint density at radius 3 is 1.72 bits per heavy atom. The summed E-state index contributed by atoms with van der Waals surface area (Å²) in [4.78, 5) is 37.3. The Balaban J connectivity index is 2.26. The van der Waals surface area contributed by atoms with Crippen LogP contribution in [0.25, 0.3) is 0 Å². The molecule has 18 heavy (non-hydrogen) atoms. The Morgan fingerprint density at radius 1 is 0.778 bits per heavy atom. The Hall–Kier alpha value is -2.21. The lowest BCUT2D eigenvalue weighted by Gasteiger charge is -2.24. The quantitative estimate of drug-likeness (QED) is 0.559. The first kappa shape index (κ1) is 10.9. The number of hydrogen-bond acceptors (Lipinski definition) is 4. The van der Waals surface area contributed by atoms with Crippen LogP contribution in [0.4, 0.5) is 0 Å². The van der Waals surface area contributed by atoms with Crippen LogP contribution in [0.5, 0.6) is 0 Å². The van der Waals surface area contributed by atoms with Crippen molar-refractivity contribution in [3.05, 3.63) is 40.6 Å². The highest BCUT2D eigenvalue weighted by atomic mass is 16.3. The van der Waals surface area contributed by atoms with E-state index in [1.165, 1.54) is 26.2 Å². The predicted octanol–water partition coefficient (Wildman–Crippen LogP) is -0.804. The third-order valence-corrected chi connectivity index (χ3v) is 3.30. The van der Waals surface area contributed by atoms with Gasteiger partial charge in [0.05, 0.1) is 11.1 Å². The molecule has 0 bridgehead atoms. The monoisotopic (exact) mass is 244 g/mol. The minimum atomic E-state index is -0.451. The van der Waals surface area contributed by atoms with Gasteiger partial charge in [-0.05, 0) is 17.7 Å². The minimum absolute atomic E-state index is 0.178. The molecule has 1 aromatic rings. The number of imide groups is 1. The summed E-state index contributed by atoms with van der Waals surface area (Å²) in [6, 6.07) is 2.66. The fourth-order valence-corrected chi connectivity index (χ4v) is 2.21. The van der Waals surface area contributed by atoms with Gasteiger partial charge in [-0.2, -0.15) is 0 Å². The number of rotatable bonds is 0. The van der Waals surface area contributed by atoms with Gasteiger partial charge in [-0.1, -0.05) is 0 Å². The molecule has 6 heteroatoms. The molecule has 0 saturated carbocycles. The second-order valence-electron chi connectivity index (χ2n) is 4.28. The lowest BCUT2D eigenvalue weighted by molar-refractivity contribution is -0.365. The lowest BCUT2D eigenvalue weighted by atomic mass is 10.0. The van der Waals surface area contributed by atoms with E-state index in [0.717, 1.165) is 9.80 Å². The van der Waals surface area contributed by atoms with E-state index in [4.69, 9.17) is 0 Å². The largest absolute Gasteiger partial charge is 0.829 e. The molecule has 1 aromatic carbocycles. The van der Waals surface area contributed by atoms with Crippen molar-refractivity contribution < 1.29 is 19.5 Å². The van der Waals surface area contributed by atoms with E-state index in [1.807, 2.05) is 0 Å². The summed E-state index contributed by atoms with van der Waals surface area (Å²) in [5.74, 6) is -1.35. The highest BCUT2D eigenvalue weighted by molar-refractivity contribution is 6.22. The third-order valence-electron chi connectivity index (χ3n) is 3.30. The number of carbonyl (C=O) groups excluding carboxylic acids is 3. The first-order chi connectivity index (χ1) is 8.43. The third kappa shape index (κ3) is 1.08. The second-order valence-corrected chi connectivity index (χ2v) is 4.28. The molecule has 6 nitrogen and oxygen atoms in total. The summed E-state index contributed by atoms with van der Waals surface area (Å²) in [6.45, 7) is 0. The van der Waals surface area contributed by atoms with E-state index in [1.54, 1.807) is 0 Å². The molecule has 0 atom stereocenters. The topological polar surface area (TPSA) is 80.8 Å². The van der Waals surface area contributed by atoms with Gasteiger partial charge < -0.3 is 10.0 Å². The number of amides is 3.